The lowest BCUT2D eigenvalue weighted by atomic mass is 9.95. The third-order valence-electron chi connectivity index (χ3n) is 6.32. The number of ketones is 1. The Bertz CT molecular complexity index is 1450. The van der Waals surface area contributed by atoms with E-state index in [0.717, 1.165) is 16.7 Å². The fourth-order valence-corrected chi connectivity index (χ4v) is 4.47. The first-order valence-electron chi connectivity index (χ1n) is 11.9. The predicted octanol–water partition coefficient (Wildman–Crippen LogP) is 4.99. The molecule has 1 amide bonds. The second kappa shape index (κ2) is 10.5. The summed E-state index contributed by atoms with van der Waals surface area (Å²) in [6.45, 7) is 2.46. The summed E-state index contributed by atoms with van der Waals surface area (Å²) in [6.07, 6.45) is 6.50. The van der Waals surface area contributed by atoms with Crippen molar-refractivity contribution in [1.29, 1.82) is 0 Å². The molecule has 7 nitrogen and oxygen atoms in total. The lowest BCUT2D eigenvalue weighted by Gasteiger charge is -2.25. The number of hydrogen-bond acceptors (Lipinski definition) is 6. The van der Waals surface area contributed by atoms with Crippen LogP contribution in [0, 0.1) is 6.92 Å². The molecule has 0 spiro atoms. The van der Waals surface area contributed by atoms with Gasteiger partial charge in [-0.2, -0.15) is 0 Å². The normalized spacial score (nSPS) is 16.7. The van der Waals surface area contributed by atoms with E-state index in [-0.39, 0.29) is 17.9 Å². The molecule has 2 aromatic heterocycles. The largest absolute Gasteiger partial charge is 0.507 e. The van der Waals surface area contributed by atoms with Crippen molar-refractivity contribution >= 4 is 17.4 Å². The number of benzene rings is 2. The van der Waals surface area contributed by atoms with Crippen LogP contribution in [0.25, 0.3) is 5.76 Å². The first-order valence-corrected chi connectivity index (χ1v) is 11.9. The molecule has 0 bridgehead atoms. The molecule has 37 heavy (non-hydrogen) atoms. The van der Waals surface area contributed by atoms with Crippen LogP contribution in [0.5, 0.6) is 5.75 Å². The molecule has 7 heteroatoms. The lowest BCUT2D eigenvalue weighted by Crippen LogP contribution is -2.29. The second-order valence-electron chi connectivity index (χ2n) is 8.82. The van der Waals surface area contributed by atoms with E-state index in [4.69, 9.17) is 4.74 Å². The number of rotatable bonds is 7. The molecule has 1 N–H and O–H groups in total. The van der Waals surface area contributed by atoms with E-state index in [1.807, 2.05) is 43.3 Å². The number of ether oxygens (including phenoxy) is 1. The maximum atomic E-state index is 13.3. The highest BCUT2D eigenvalue weighted by atomic mass is 16.5. The van der Waals surface area contributed by atoms with Crippen LogP contribution in [-0.4, -0.2) is 31.7 Å². The number of aliphatic hydroxyl groups is 1. The van der Waals surface area contributed by atoms with Gasteiger partial charge in [0.2, 0.25) is 0 Å². The minimum absolute atomic E-state index is 0.0393. The molecule has 0 radical (unpaired) electrons. The Morgan fingerprint density at radius 3 is 2.38 bits per heavy atom. The van der Waals surface area contributed by atoms with Crippen LogP contribution in [0.3, 0.4) is 0 Å². The number of aromatic nitrogens is 2. The topological polar surface area (TPSA) is 92.6 Å². The summed E-state index contributed by atoms with van der Waals surface area (Å²) in [4.78, 5) is 36.0. The summed E-state index contributed by atoms with van der Waals surface area (Å²) < 4.78 is 5.96. The molecule has 0 saturated carbocycles. The number of aryl methyl sites for hydroxylation is 1. The summed E-state index contributed by atoms with van der Waals surface area (Å²) >= 11 is 0. The van der Waals surface area contributed by atoms with Crippen molar-refractivity contribution in [1.82, 2.24) is 14.9 Å². The van der Waals surface area contributed by atoms with Gasteiger partial charge in [0.15, 0.2) is 0 Å². The molecular weight excluding hydrogens is 466 g/mol. The van der Waals surface area contributed by atoms with Crippen molar-refractivity contribution in [3.05, 3.63) is 131 Å². The first kappa shape index (κ1) is 23.9. The molecule has 1 aliphatic heterocycles. The predicted molar refractivity (Wildman–Crippen MR) is 138 cm³/mol. The van der Waals surface area contributed by atoms with E-state index >= 15 is 0 Å². The van der Waals surface area contributed by atoms with Crippen molar-refractivity contribution in [3.8, 4) is 5.75 Å². The number of aliphatic hydroxyl groups excluding tert-OH is 1. The highest BCUT2D eigenvalue weighted by molar-refractivity contribution is 6.46. The molecule has 1 saturated heterocycles. The summed E-state index contributed by atoms with van der Waals surface area (Å²) in [5.74, 6) is -0.966. The molecule has 0 aliphatic carbocycles. The van der Waals surface area contributed by atoms with Gasteiger partial charge in [-0.25, -0.2) is 0 Å². The van der Waals surface area contributed by atoms with E-state index in [1.165, 1.54) is 4.90 Å². The Hall–Kier alpha value is -4.78. The van der Waals surface area contributed by atoms with E-state index < -0.39 is 17.7 Å². The number of carbonyl (C=O) groups excluding carboxylic acids is 2. The number of nitrogens with zero attached hydrogens (tertiary/aromatic N) is 3. The smallest absolute Gasteiger partial charge is 0.295 e. The molecular formula is C30H25N3O4. The van der Waals surface area contributed by atoms with Gasteiger partial charge in [0.1, 0.15) is 18.1 Å². The zero-order valence-electron chi connectivity index (χ0n) is 20.2. The average molecular weight is 492 g/mol. The van der Waals surface area contributed by atoms with E-state index in [2.05, 4.69) is 9.97 Å². The van der Waals surface area contributed by atoms with Crippen LogP contribution >= 0.6 is 0 Å². The molecule has 184 valence electrons. The monoisotopic (exact) mass is 491 g/mol. The van der Waals surface area contributed by atoms with E-state index in [9.17, 15) is 14.7 Å². The molecule has 3 heterocycles. The van der Waals surface area contributed by atoms with Crippen molar-refractivity contribution in [2.24, 2.45) is 0 Å². The van der Waals surface area contributed by atoms with Crippen LogP contribution in [0.1, 0.15) is 33.9 Å². The van der Waals surface area contributed by atoms with Crippen molar-refractivity contribution in [2.75, 3.05) is 0 Å². The van der Waals surface area contributed by atoms with Gasteiger partial charge < -0.3 is 14.7 Å². The molecule has 1 aliphatic rings. The second-order valence-corrected chi connectivity index (χ2v) is 8.82. The Balaban J connectivity index is 1.50. The summed E-state index contributed by atoms with van der Waals surface area (Å²) in [7, 11) is 0. The minimum atomic E-state index is -0.766. The van der Waals surface area contributed by atoms with Crippen LogP contribution in [-0.2, 0) is 22.7 Å². The van der Waals surface area contributed by atoms with Crippen LogP contribution in [0.2, 0.25) is 0 Å². The fourth-order valence-electron chi connectivity index (χ4n) is 4.47. The van der Waals surface area contributed by atoms with E-state index in [0.29, 0.717) is 23.5 Å². The average Bonchev–Trinajstić information content (AvgIpc) is 3.18. The van der Waals surface area contributed by atoms with Gasteiger partial charge in [-0.05, 0) is 65.6 Å². The van der Waals surface area contributed by atoms with Crippen LogP contribution in [0.4, 0.5) is 0 Å². The van der Waals surface area contributed by atoms with Crippen molar-refractivity contribution in [3.63, 3.8) is 0 Å². The van der Waals surface area contributed by atoms with Gasteiger partial charge in [0.05, 0.1) is 11.6 Å². The Morgan fingerprint density at radius 2 is 1.68 bits per heavy atom. The number of hydrogen-bond donors (Lipinski definition) is 1. The maximum Gasteiger partial charge on any atom is 0.295 e. The molecule has 1 atom stereocenters. The highest BCUT2D eigenvalue weighted by Gasteiger charge is 2.46. The Labute approximate surface area is 214 Å². The number of pyridine rings is 2. The van der Waals surface area contributed by atoms with Crippen LogP contribution in [0.15, 0.2) is 103 Å². The van der Waals surface area contributed by atoms with Crippen molar-refractivity contribution in [2.45, 2.75) is 26.1 Å². The highest BCUT2D eigenvalue weighted by Crippen LogP contribution is 2.40. The third-order valence-corrected chi connectivity index (χ3v) is 6.32. The minimum Gasteiger partial charge on any atom is -0.507 e. The molecule has 2 aromatic carbocycles. The summed E-state index contributed by atoms with van der Waals surface area (Å²) in [5.41, 5.74) is 3.77. The van der Waals surface area contributed by atoms with Gasteiger partial charge in [-0.3, -0.25) is 19.6 Å². The SMILES string of the molecule is Cc1cc(/C(O)=C2\C(=O)C(=O)N(Cc3cccnc3)C2c2ccncc2)ccc1OCc1ccccc1. The van der Waals surface area contributed by atoms with Gasteiger partial charge in [0.25, 0.3) is 11.7 Å². The lowest BCUT2D eigenvalue weighted by molar-refractivity contribution is -0.140. The zero-order valence-corrected chi connectivity index (χ0v) is 20.2. The number of Topliss-reactive ketones (excluding diaryl/α,β-unsaturated/α-hetero) is 1. The first-order chi connectivity index (χ1) is 18.0. The molecule has 4 aromatic rings. The van der Waals surface area contributed by atoms with Gasteiger partial charge in [-0.1, -0.05) is 36.4 Å². The standard InChI is InChI=1S/C30H25N3O4/c1-20-16-24(9-10-25(20)37-19-21-6-3-2-4-7-21)28(34)26-27(23-11-14-31-15-12-23)33(30(36)29(26)35)18-22-8-5-13-32-17-22/h2-17,27,34H,18-19H2,1H3/b28-26+. The number of carbonyl (C=O) groups is 2. The molecule has 1 unspecified atom stereocenters. The number of likely N-dealkylation sites (tertiary alicyclic amines) is 1. The molecule has 5 rings (SSSR count). The van der Waals surface area contributed by atoms with Gasteiger partial charge in [0, 0.05) is 36.9 Å². The van der Waals surface area contributed by atoms with Gasteiger partial charge in [-0.15, -0.1) is 0 Å². The number of amides is 1. The van der Waals surface area contributed by atoms with Crippen molar-refractivity contribution < 1.29 is 19.4 Å². The zero-order chi connectivity index (χ0) is 25.8. The summed E-state index contributed by atoms with van der Waals surface area (Å²) in [6, 6.07) is 21.4. The maximum absolute atomic E-state index is 13.3. The van der Waals surface area contributed by atoms with Gasteiger partial charge >= 0.3 is 0 Å². The quantitative estimate of drug-likeness (QED) is 0.223. The van der Waals surface area contributed by atoms with Crippen LogP contribution < -0.4 is 4.74 Å². The summed E-state index contributed by atoms with van der Waals surface area (Å²) in [5, 5.41) is 11.4. The molecule has 1 fully saturated rings. The Morgan fingerprint density at radius 1 is 0.919 bits per heavy atom. The van der Waals surface area contributed by atoms with E-state index in [1.54, 1.807) is 61.2 Å². The fraction of sp³-hybridized carbons (Fsp3) is 0.133. The Kier molecular flexibility index (Phi) is 6.76. The third kappa shape index (κ3) is 4.97.